The minimum absolute atomic E-state index is 0. The Morgan fingerprint density at radius 1 is 1.17 bits per heavy atom. The molecule has 2 aromatic rings. The second-order valence-corrected chi connectivity index (χ2v) is 9.43. The summed E-state index contributed by atoms with van der Waals surface area (Å²) in [6.07, 6.45) is 2.33. The number of rotatable bonds is 6. The zero-order chi connectivity index (χ0) is 20.4. The molecule has 30 heavy (non-hydrogen) atoms. The van der Waals surface area contributed by atoms with Crippen molar-refractivity contribution in [3.05, 3.63) is 36.0 Å². The van der Waals surface area contributed by atoms with Crippen LogP contribution in [-0.4, -0.2) is 69.1 Å². The van der Waals surface area contributed by atoms with E-state index < -0.39 is 10.0 Å². The number of aromatic amines is 1. The van der Waals surface area contributed by atoms with Crippen LogP contribution in [0.25, 0.3) is 11.3 Å². The molecule has 0 saturated carbocycles. The van der Waals surface area contributed by atoms with Gasteiger partial charge in [-0.2, -0.15) is 4.31 Å². The lowest BCUT2D eigenvalue weighted by Crippen LogP contribution is -2.40. The van der Waals surface area contributed by atoms with Gasteiger partial charge in [-0.1, -0.05) is 6.92 Å². The molecule has 0 bridgehead atoms. The van der Waals surface area contributed by atoms with Crippen LogP contribution in [0.15, 0.2) is 35.2 Å². The van der Waals surface area contributed by atoms with Crippen LogP contribution >= 0.6 is 12.4 Å². The van der Waals surface area contributed by atoms with E-state index in [2.05, 4.69) is 22.9 Å². The Morgan fingerprint density at radius 3 is 2.63 bits per heavy atom. The highest BCUT2D eigenvalue weighted by Gasteiger charge is 2.28. The Bertz CT molecular complexity index is 957. The molecule has 2 aliphatic rings. The highest BCUT2D eigenvalue weighted by atomic mass is 35.5. The lowest BCUT2D eigenvalue weighted by molar-refractivity contribution is 0.0730. The van der Waals surface area contributed by atoms with Crippen molar-refractivity contribution in [1.82, 2.24) is 14.2 Å². The molecule has 3 heterocycles. The largest absolute Gasteiger partial charge is 0.496 e. The number of benzene rings is 1. The van der Waals surface area contributed by atoms with Crippen molar-refractivity contribution in [3.8, 4) is 17.0 Å². The van der Waals surface area contributed by atoms with Crippen molar-refractivity contribution >= 4 is 22.4 Å². The molecule has 2 fully saturated rings. The van der Waals surface area contributed by atoms with Gasteiger partial charge in [-0.25, -0.2) is 8.42 Å². The number of nitrogens with one attached hydrogen (secondary N) is 1. The summed E-state index contributed by atoms with van der Waals surface area (Å²) in [5.41, 5.74) is 2.80. The third-order valence-corrected chi connectivity index (χ3v) is 7.80. The number of halogens is 1. The van der Waals surface area contributed by atoms with Crippen LogP contribution in [0.5, 0.6) is 5.75 Å². The van der Waals surface area contributed by atoms with Crippen molar-refractivity contribution in [2.45, 2.75) is 30.7 Å². The Labute approximate surface area is 184 Å². The van der Waals surface area contributed by atoms with Crippen LogP contribution in [0, 0.1) is 0 Å². The second-order valence-electron chi connectivity index (χ2n) is 7.49. The summed E-state index contributed by atoms with van der Waals surface area (Å²) in [7, 11) is -1.96. The summed E-state index contributed by atoms with van der Waals surface area (Å²) in [6.45, 7) is 5.94. The van der Waals surface area contributed by atoms with Crippen molar-refractivity contribution in [3.63, 3.8) is 0 Å². The first kappa shape index (κ1) is 23.1. The van der Waals surface area contributed by atoms with Gasteiger partial charge in [0.2, 0.25) is 10.0 Å². The predicted molar refractivity (Wildman–Crippen MR) is 119 cm³/mol. The summed E-state index contributed by atoms with van der Waals surface area (Å²) >= 11 is 0. The average molecular weight is 456 g/mol. The summed E-state index contributed by atoms with van der Waals surface area (Å²) in [6, 6.07) is 9.58. The van der Waals surface area contributed by atoms with Crippen LogP contribution in [-0.2, 0) is 14.8 Å². The summed E-state index contributed by atoms with van der Waals surface area (Å²) in [5.74, 6) is 0.651. The van der Waals surface area contributed by atoms with E-state index in [1.807, 2.05) is 6.07 Å². The molecule has 4 rings (SSSR count). The van der Waals surface area contributed by atoms with Crippen molar-refractivity contribution in [2.75, 3.05) is 46.5 Å². The number of methoxy groups -OCH3 is 1. The fourth-order valence-corrected chi connectivity index (χ4v) is 5.75. The molecule has 0 spiro atoms. The molecule has 9 heteroatoms. The first-order chi connectivity index (χ1) is 14.0. The van der Waals surface area contributed by atoms with Crippen LogP contribution in [0.2, 0.25) is 0 Å². The first-order valence-corrected chi connectivity index (χ1v) is 11.7. The maximum Gasteiger partial charge on any atom is 0.243 e. The van der Waals surface area contributed by atoms with Gasteiger partial charge in [0.05, 0.1) is 25.2 Å². The number of ether oxygens (including phenoxy) is 2. The van der Waals surface area contributed by atoms with E-state index >= 15 is 0 Å². The minimum Gasteiger partial charge on any atom is -0.496 e. The van der Waals surface area contributed by atoms with Gasteiger partial charge in [-0.15, -0.1) is 12.4 Å². The Balaban J connectivity index is 0.00000256. The summed E-state index contributed by atoms with van der Waals surface area (Å²) < 4.78 is 38.5. The monoisotopic (exact) mass is 455 g/mol. The highest BCUT2D eigenvalue weighted by molar-refractivity contribution is 7.89. The maximum absolute atomic E-state index is 13.1. The number of H-pyrrole nitrogens is 1. The molecule has 1 atom stereocenters. The van der Waals surface area contributed by atoms with E-state index in [0.717, 1.165) is 30.8 Å². The third kappa shape index (κ3) is 4.38. The van der Waals surface area contributed by atoms with Crippen molar-refractivity contribution in [2.24, 2.45) is 0 Å². The quantitative estimate of drug-likeness (QED) is 0.723. The smallest absolute Gasteiger partial charge is 0.243 e. The summed E-state index contributed by atoms with van der Waals surface area (Å²) in [4.78, 5) is 6.26. The van der Waals surface area contributed by atoms with Crippen LogP contribution in [0.1, 0.15) is 31.5 Å². The molecular weight excluding hydrogens is 426 g/mol. The van der Waals surface area contributed by atoms with E-state index in [-0.39, 0.29) is 17.3 Å². The highest BCUT2D eigenvalue weighted by Crippen LogP contribution is 2.36. The number of sulfonamides is 1. The van der Waals surface area contributed by atoms with E-state index in [4.69, 9.17) is 9.47 Å². The molecule has 0 amide bonds. The zero-order valence-corrected chi connectivity index (χ0v) is 19.1. The predicted octanol–water partition coefficient (Wildman–Crippen LogP) is 3.29. The Kier molecular flexibility index (Phi) is 7.47. The second kappa shape index (κ2) is 9.70. The van der Waals surface area contributed by atoms with Gasteiger partial charge in [0.25, 0.3) is 0 Å². The fraction of sp³-hybridized carbons (Fsp3) is 0.524. The van der Waals surface area contributed by atoms with Crippen LogP contribution in [0.4, 0.5) is 0 Å². The Hall–Kier alpha value is -1.58. The van der Waals surface area contributed by atoms with Gasteiger partial charge in [-0.05, 0) is 56.3 Å². The van der Waals surface area contributed by atoms with Crippen LogP contribution in [0.3, 0.4) is 0 Å². The third-order valence-electron chi connectivity index (χ3n) is 5.91. The van der Waals surface area contributed by atoms with Gasteiger partial charge in [0.15, 0.2) is 0 Å². The normalized spacial score (nSPS) is 20.8. The molecule has 7 nitrogen and oxygen atoms in total. The van der Waals surface area contributed by atoms with Gasteiger partial charge in [-0.3, -0.25) is 4.90 Å². The first-order valence-electron chi connectivity index (χ1n) is 10.2. The van der Waals surface area contributed by atoms with E-state index in [1.54, 1.807) is 25.3 Å². The maximum atomic E-state index is 13.1. The number of nitrogens with zero attached hydrogens (tertiary/aromatic N) is 2. The Morgan fingerprint density at radius 2 is 1.93 bits per heavy atom. The van der Waals surface area contributed by atoms with Crippen LogP contribution < -0.4 is 4.74 Å². The lowest BCUT2D eigenvalue weighted by atomic mass is 10.1. The average Bonchev–Trinajstić information content (AvgIpc) is 3.43. The molecular formula is C21H30ClN3O4S. The van der Waals surface area contributed by atoms with Crippen molar-refractivity contribution in [1.29, 1.82) is 0 Å². The minimum atomic E-state index is -3.56. The van der Waals surface area contributed by atoms with Crippen molar-refractivity contribution < 1.29 is 17.9 Å². The number of likely N-dealkylation sites (tertiary alicyclic amines) is 1. The van der Waals surface area contributed by atoms with Gasteiger partial charge in [0.1, 0.15) is 5.75 Å². The standard InChI is InChI=1S/C21H29N3O4S.ClH/c1-3-23-10-4-5-20(23)19-8-7-18(22-19)17-15-16(6-9-21(17)27-2)29(25,26)24-11-13-28-14-12-24;/h6-9,15,20,22H,3-5,10-14H2,1-2H3;1H. The molecule has 1 aromatic heterocycles. The molecule has 2 saturated heterocycles. The summed E-state index contributed by atoms with van der Waals surface area (Å²) in [5, 5.41) is 0. The van der Waals surface area contributed by atoms with Gasteiger partial charge in [0, 0.05) is 36.1 Å². The molecule has 0 radical (unpaired) electrons. The number of aromatic nitrogens is 1. The topological polar surface area (TPSA) is 74.9 Å². The van der Waals surface area contributed by atoms with Gasteiger partial charge < -0.3 is 14.5 Å². The van der Waals surface area contributed by atoms with E-state index in [9.17, 15) is 8.42 Å². The van der Waals surface area contributed by atoms with E-state index in [1.165, 1.54) is 16.4 Å². The molecule has 166 valence electrons. The lowest BCUT2D eigenvalue weighted by Gasteiger charge is -2.26. The molecule has 1 unspecified atom stereocenters. The fourth-order valence-electron chi connectivity index (χ4n) is 4.31. The number of morpholine rings is 1. The molecule has 1 N–H and O–H groups in total. The number of hydrogen-bond acceptors (Lipinski definition) is 5. The molecule has 0 aliphatic carbocycles. The molecule has 2 aliphatic heterocycles. The molecule has 1 aromatic carbocycles. The number of hydrogen-bond donors (Lipinski definition) is 1. The van der Waals surface area contributed by atoms with E-state index in [0.29, 0.717) is 38.1 Å². The zero-order valence-electron chi connectivity index (χ0n) is 17.5. The SMILES string of the molecule is CCN1CCCC1c1ccc(-c2cc(S(=O)(=O)N3CCOCC3)ccc2OC)[nH]1.Cl. The van der Waals surface area contributed by atoms with Gasteiger partial charge >= 0.3 is 0 Å².